The molecule has 0 heterocycles. The molecule has 6 heteroatoms. The number of allylic oxidation sites excluding steroid dienone is 2. The molecule has 0 saturated carbocycles. The molecule has 3 aromatic rings. The second-order valence-corrected chi connectivity index (χ2v) is 7.24. The first-order chi connectivity index (χ1) is 17.4. The summed E-state index contributed by atoms with van der Waals surface area (Å²) in [5.74, 6) is 0.999. The van der Waals surface area contributed by atoms with Crippen molar-refractivity contribution in [3.8, 4) is 17.2 Å². The smallest absolute Gasteiger partial charge is 0.150 e. The lowest BCUT2D eigenvalue weighted by Crippen LogP contribution is -1.92. The Bertz CT molecular complexity index is 1190. The maximum atomic E-state index is 10.5. The highest BCUT2D eigenvalue weighted by Gasteiger charge is 2.04. The summed E-state index contributed by atoms with van der Waals surface area (Å²) in [6, 6.07) is 16.7. The lowest BCUT2D eigenvalue weighted by atomic mass is 10.0. The summed E-state index contributed by atoms with van der Waals surface area (Å²) in [7, 11) is 0. The normalized spacial score (nSPS) is 9.22. The molecule has 0 bridgehead atoms. The van der Waals surface area contributed by atoms with Gasteiger partial charge >= 0.3 is 0 Å². The molecule has 2 N–H and O–H groups in total. The molecule has 3 aromatic carbocycles. The first-order valence-corrected chi connectivity index (χ1v) is 11.0. The van der Waals surface area contributed by atoms with Crippen LogP contribution in [0.3, 0.4) is 0 Å². The van der Waals surface area contributed by atoms with E-state index in [0.29, 0.717) is 53.7 Å². The quantitative estimate of drug-likeness (QED) is 0.261. The van der Waals surface area contributed by atoms with Gasteiger partial charge < -0.3 is 14.9 Å². The van der Waals surface area contributed by atoms with Gasteiger partial charge in [0.25, 0.3) is 0 Å². The van der Waals surface area contributed by atoms with Gasteiger partial charge in [0, 0.05) is 23.7 Å². The van der Waals surface area contributed by atoms with Crippen LogP contribution in [-0.4, -0.2) is 35.7 Å². The Labute approximate surface area is 213 Å². The summed E-state index contributed by atoms with van der Waals surface area (Å²) < 4.78 is 5.22. The van der Waals surface area contributed by atoms with Crippen LogP contribution < -0.4 is 4.74 Å². The third-order valence-electron chi connectivity index (χ3n) is 4.63. The summed E-state index contributed by atoms with van der Waals surface area (Å²) >= 11 is 0. The number of aldehydes is 3. The van der Waals surface area contributed by atoms with E-state index in [1.54, 1.807) is 72.8 Å². The van der Waals surface area contributed by atoms with E-state index < -0.39 is 0 Å². The van der Waals surface area contributed by atoms with Gasteiger partial charge in [-0.25, -0.2) is 0 Å². The Hall–Kier alpha value is -4.71. The minimum Gasteiger partial charge on any atom is -0.508 e. The number of carbonyl (C=O) groups excluding carboxylic acids is 3. The van der Waals surface area contributed by atoms with Gasteiger partial charge in [0.1, 0.15) is 42.7 Å². The van der Waals surface area contributed by atoms with Gasteiger partial charge in [-0.2, -0.15) is 0 Å². The molecule has 0 aliphatic heterocycles. The number of phenolic OH excluding ortho intramolecular Hbond substituents is 2. The van der Waals surface area contributed by atoms with Gasteiger partial charge in [-0.05, 0) is 42.7 Å². The number of aromatic hydroxyl groups is 2. The number of benzene rings is 3. The highest BCUT2D eigenvalue weighted by Crippen LogP contribution is 2.20. The molecular weight excluding hydrogens is 456 g/mol. The van der Waals surface area contributed by atoms with E-state index in [1.165, 1.54) is 6.07 Å². The average Bonchev–Trinajstić information content (AvgIpc) is 2.91. The maximum Gasteiger partial charge on any atom is 0.150 e. The standard InChI is InChI=1S/3C10H10O2.H2/c1-2-6-12-10-5-3-4-9(7-10)8-11;1-2-4-9-8(7-11)5-3-6-10(9)12;1-2-3-9-5-4-8(7-11)6-10(9)12;/h2-5,7-8H,1,6H2;2-3,5-7,12H,1,4H2;2,4-7,12H,1,3H2;1H/i;;;1+1. The Morgan fingerprint density at radius 1 is 0.722 bits per heavy atom. The minimum absolute atomic E-state index is 0. The molecule has 0 amide bonds. The zero-order valence-electron chi connectivity index (χ0n) is 20.0. The van der Waals surface area contributed by atoms with Crippen molar-refractivity contribution in [1.82, 2.24) is 0 Å². The summed E-state index contributed by atoms with van der Waals surface area (Å²) in [6.45, 7) is 11.1. The summed E-state index contributed by atoms with van der Waals surface area (Å²) in [6.07, 6.45) is 8.38. The fourth-order valence-corrected chi connectivity index (χ4v) is 2.88. The topological polar surface area (TPSA) is 101 Å². The van der Waals surface area contributed by atoms with E-state index in [4.69, 9.17) is 4.74 Å². The van der Waals surface area contributed by atoms with Crippen molar-refractivity contribution in [3.63, 3.8) is 0 Å². The van der Waals surface area contributed by atoms with Crippen LogP contribution in [0.15, 0.2) is 98.6 Å². The molecule has 0 atom stereocenters. The van der Waals surface area contributed by atoms with Gasteiger partial charge in [-0.15, -0.1) is 13.2 Å². The zero-order valence-corrected chi connectivity index (χ0v) is 20.0. The number of hydrogen-bond acceptors (Lipinski definition) is 6. The lowest BCUT2D eigenvalue weighted by Gasteiger charge is -2.03. The van der Waals surface area contributed by atoms with Crippen LogP contribution in [0.2, 0.25) is 0 Å². The predicted molar refractivity (Wildman–Crippen MR) is 144 cm³/mol. The van der Waals surface area contributed by atoms with Crippen molar-refractivity contribution in [2.75, 3.05) is 6.61 Å². The van der Waals surface area contributed by atoms with Gasteiger partial charge in [0.2, 0.25) is 0 Å². The molecular formula is C30H32O6. The van der Waals surface area contributed by atoms with Crippen LogP contribution in [0.4, 0.5) is 0 Å². The van der Waals surface area contributed by atoms with Crippen molar-refractivity contribution in [2.45, 2.75) is 12.8 Å². The van der Waals surface area contributed by atoms with E-state index in [2.05, 4.69) is 19.7 Å². The lowest BCUT2D eigenvalue weighted by molar-refractivity contribution is 0.111. The van der Waals surface area contributed by atoms with Crippen molar-refractivity contribution in [2.24, 2.45) is 0 Å². The monoisotopic (exact) mass is 489 g/mol. The molecule has 0 aliphatic rings. The van der Waals surface area contributed by atoms with Gasteiger partial charge in [-0.1, -0.05) is 61.2 Å². The first-order valence-electron chi connectivity index (χ1n) is 11.0. The largest absolute Gasteiger partial charge is 0.508 e. The Morgan fingerprint density at radius 3 is 1.97 bits per heavy atom. The predicted octanol–water partition coefficient (Wildman–Crippen LogP) is 6.18. The van der Waals surface area contributed by atoms with Crippen molar-refractivity contribution >= 4 is 18.9 Å². The highest BCUT2D eigenvalue weighted by molar-refractivity contribution is 5.78. The third kappa shape index (κ3) is 10.1. The van der Waals surface area contributed by atoms with Crippen LogP contribution in [-0.2, 0) is 12.8 Å². The maximum absolute atomic E-state index is 10.5. The number of carbonyl (C=O) groups is 3. The highest BCUT2D eigenvalue weighted by atomic mass is 16.5. The molecule has 0 radical (unpaired) electrons. The minimum atomic E-state index is 0. The van der Waals surface area contributed by atoms with E-state index in [9.17, 15) is 24.6 Å². The zero-order chi connectivity index (χ0) is 26.8. The number of rotatable bonds is 10. The molecule has 0 aromatic heterocycles. The second-order valence-electron chi connectivity index (χ2n) is 7.24. The Kier molecular flexibility index (Phi) is 13.7. The number of ether oxygens (including phenoxy) is 1. The second kappa shape index (κ2) is 16.8. The van der Waals surface area contributed by atoms with Gasteiger partial charge in [0.15, 0.2) is 0 Å². The summed E-state index contributed by atoms with van der Waals surface area (Å²) in [5, 5.41) is 18.7. The van der Waals surface area contributed by atoms with E-state index in [0.717, 1.165) is 18.1 Å². The fraction of sp³-hybridized carbons (Fsp3) is 0.100. The van der Waals surface area contributed by atoms with E-state index in [1.807, 2.05) is 0 Å². The van der Waals surface area contributed by atoms with E-state index >= 15 is 0 Å². The van der Waals surface area contributed by atoms with Crippen molar-refractivity contribution in [3.05, 3.63) is 126 Å². The van der Waals surface area contributed by atoms with Gasteiger partial charge in [0.05, 0.1) is 0 Å². The van der Waals surface area contributed by atoms with Gasteiger partial charge in [-0.3, -0.25) is 14.4 Å². The van der Waals surface area contributed by atoms with Crippen molar-refractivity contribution in [1.29, 1.82) is 0 Å². The average molecular weight is 490 g/mol. The molecule has 0 spiro atoms. The Morgan fingerprint density at radius 2 is 1.39 bits per heavy atom. The molecule has 0 fully saturated rings. The van der Waals surface area contributed by atoms with Crippen LogP contribution in [0.1, 0.15) is 43.6 Å². The number of hydrogen-bond donors (Lipinski definition) is 2. The number of phenols is 2. The van der Waals surface area contributed by atoms with Crippen LogP contribution in [0.5, 0.6) is 17.2 Å². The molecule has 3 rings (SSSR count). The third-order valence-corrected chi connectivity index (χ3v) is 4.63. The molecule has 36 heavy (non-hydrogen) atoms. The summed E-state index contributed by atoms with van der Waals surface area (Å²) in [4.78, 5) is 31.2. The molecule has 0 aliphatic carbocycles. The molecule has 0 unspecified atom stereocenters. The SMILES string of the molecule is C=CCOc1cccc(C=O)c1.C=CCc1c(O)cccc1C=O.C=CCc1ccc(C=O)cc1O.[2HH]. The molecule has 0 saturated heterocycles. The summed E-state index contributed by atoms with van der Waals surface area (Å²) in [5.41, 5.74) is 3.06. The van der Waals surface area contributed by atoms with Crippen molar-refractivity contribution < 1.29 is 30.8 Å². The Balaban J connectivity index is 0.000000518. The van der Waals surface area contributed by atoms with E-state index in [-0.39, 0.29) is 12.9 Å². The molecule has 188 valence electrons. The first kappa shape index (κ1) is 29.3. The van der Waals surface area contributed by atoms with Crippen LogP contribution >= 0.6 is 0 Å². The fourth-order valence-electron chi connectivity index (χ4n) is 2.88. The van der Waals surface area contributed by atoms with Crippen LogP contribution in [0.25, 0.3) is 0 Å². The molecule has 6 nitrogen and oxygen atoms in total. The van der Waals surface area contributed by atoms with Crippen LogP contribution in [0, 0.1) is 0 Å².